The second-order valence-corrected chi connectivity index (χ2v) is 9.90. The number of carbonyl (C=O) groups excluding carboxylic acids is 1. The zero-order chi connectivity index (χ0) is 22.6. The van der Waals surface area contributed by atoms with Crippen molar-refractivity contribution in [2.75, 3.05) is 12.4 Å². The average Bonchev–Trinajstić information content (AvgIpc) is 3.08. The molecule has 0 radical (unpaired) electrons. The summed E-state index contributed by atoms with van der Waals surface area (Å²) in [6.07, 6.45) is 0.0879. The summed E-state index contributed by atoms with van der Waals surface area (Å²) >= 11 is 0. The lowest BCUT2D eigenvalue weighted by atomic mass is 9.70. The van der Waals surface area contributed by atoms with Gasteiger partial charge >= 0.3 is 5.97 Å². The van der Waals surface area contributed by atoms with E-state index in [-0.39, 0.29) is 17.9 Å². The van der Waals surface area contributed by atoms with E-state index in [1.807, 2.05) is 6.92 Å². The van der Waals surface area contributed by atoms with Crippen molar-refractivity contribution in [1.29, 1.82) is 10.5 Å². The molecule has 31 heavy (non-hydrogen) atoms. The Kier molecular flexibility index (Phi) is 6.48. The van der Waals surface area contributed by atoms with Gasteiger partial charge in [-0.1, -0.05) is 48.0 Å². The van der Waals surface area contributed by atoms with Crippen molar-refractivity contribution in [2.24, 2.45) is 17.3 Å². The standard InChI is InChI=1S/C24H24N2O4S/c1-3-30-23(27)21-13-19(14-31(28,29)20-11-9-17(2)10-12-20)24(15-25,16-26)22(21)18-7-5-4-6-8-18/h4-12,19,21-22H,3,13-14H2,1-2H3. The molecule has 0 aromatic heterocycles. The predicted molar refractivity (Wildman–Crippen MR) is 114 cm³/mol. The van der Waals surface area contributed by atoms with Gasteiger partial charge < -0.3 is 4.74 Å². The van der Waals surface area contributed by atoms with Crippen LogP contribution in [0.4, 0.5) is 0 Å². The zero-order valence-corrected chi connectivity index (χ0v) is 18.3. The molecule has 160 valence electrons. The number of rotatable bonds is 6. The normalized spacial score (nSPS) is 22.3. The summed E-state index contributed by atoms with van der Waals surface area (Å²) in [5.74, 6) is -3.30. The van der Waals surface area contributed by atoms with Crippen LogP contribution in [0, 0.1) is 46.8 Å². The molecule has 6 nitrogen and oxygen atoms in total. The van der Waals surface area contributed by atoms with Gasteiger partial charge in [-0.3, -0.25) is 4.79 Å². The maximum absolute atomic E-state index is 13.1. The Morgan fingerprint density at radius 1 is 1.10 bits per heavy atom. The zero-order valence-electron chi connectivity index (χ0n) is 17.5. The number of ether oxygens (including phenoxy) is 1. The van der Waals surface area contributed by atoms with Crippen LogP contribution in [0.1, 0.15) is 30.4 Å². The number of aryl methyl sites for hydroxylation is 1. The number of nitrogens with zero attached hydrogens (tertiary/aromatic N) is 2. The first kappa shape index (κ1) is 22.5. The van der Waals surface area contributed by atoms with Crippen LogP contribution in [0.15, 0.2) is 59.5 Å². The molecule has 0 bridgehead atoms. The molecule has 0 N–H and O–H groups in total. The van der Waals surface area contributed by atoms with Crippen molar-refractivity contribution < 1.29 is 17.9 Å². The van der Waals surface area contributed by atoms with Crippen LogP contribution in [-0.4, -0.2) is 26.7 Å². The van der Waals surface area contributed by atoms with Crippen molar-refractivity contribution in [2.45, 2.75) is 31.1 Å². The summed E-state index contributed by atoms with van der Waals surface area (Å²) in [6.45, 7) is 3.71. The van der Waals surface area contributed by atoms with Crippen molar-refractivity contribution in [3.63, 3.8) is 0 Å². The largest absolute Gasteiger partial charge is 0.466 e. The third kappa shape index (κ3) is 4.19. The average molecular weight is 437 g/mol. The summed E-state index contributed by atoms with van der Waals surface area (Å²) in [5.41, 5.74) is -0.0927. The number of benzene rings is 2. The minimum absolute atomic E-state index is 0.0879. The van der Waals surface area contributed by atoms with E-state index < -0.39 is 44.7 Å². The lowest BCUT2D eigenvalue weighted by molar-refractivity contribution is -0.148. The fourth-order valence-electron chi connectivity index (χ4n) is 4.49. The maximum Gasteiger partial charge on any atom is 0.309 e. The van der Waals surface area contributed by atoms with Gasteiger partial charge in [0.2, 0.25) is 0 Å². The SMILES string of the molecule is CCOC(=O)C1CC(CS(=O)(=O)c2ccc(C)cc2)C(C#N)(C#N)C1c1ccccc1. The molecule has 1 saturated carbocycles. The van der Waals surface area contributed by atoms with Crippen LogP contribution < -0.4 is 0 Å². The molecule has 0 aliphatic heterocycles. The van der Waals surface area contributed by atoms with Crippen molar-refractivity contribution in [3.05, 3.63) is 65.7 Å². The van der Waals surface area contributed by atoms with E-state index in [0.29, 0.717) is 5.56 Å². The fraction of sp³-hybridized carbons (Fsp3) is 0.375. The fourth-order valence-corrected chi connectivity index (χ4v) is 6.16. The van der Waals surface area contributed by atoms with Crippen molar-refractivity contribution >= 4 is 15.8 Å². The Morgan fingerprint density at radius 3 is 2.26 bits per heavy atom. The highest BCUT2D eigenvalue weighted by Crippen LogP contribution is 2.56. The minimum Gasteiger partial charge on any atom is -0.466 e. The van der Waals surface area contributed by atoms with E-state index in [1.54, 1.807) is 49.4 Å². The first-order valence-electron chi connectivity index (χ1n) is 10.1. The van der Waals surface area contributed by atoms with E-state index in [4.69, 9.17) is 4.74 Å². The Bertz CT molecular complexity index is 1110. The van der Waals surface area contributed by atoms with Crippen LogP contribution in [0.3, 0.4) is 0 Å². The second kappa shape index (κ2) is 8.91. The number of esters is 1. The summed E-state index contributed by atoms with van der Waals surface area (Å²) in [7, 11) is -3.77. The summed E-state index contributed by atoms with van der Waals surface area (Å²) in [5, 5.41) is 20.3. The Hall–Kier alpha value is -3.16. The van der Waals surface area contributed by atoms with E-state index in [1.165, 1.54) is 12.1 Å². The number of carbonyl (C=O) groups is 1. The Labute approximate surface area is 183 Å². The Balaban J connectivity index is 2.08. The first-order chi connectivity index (χ1) is 14.8. The van der Waals surface area contributed by atoms with Gasteiger partial charge in [0, 0.05) is 11.8 Å². The maximum atomic E-state index is 13.1. The van der Waals surface area contributed by atoms with Crippen LogP contribution in [-0.2, 0) is 19.4 Å². The van der Waals surface area contributed by atoms with Crippen LogP contribution in [0.5, 0.6) is 0 Å². The van der Waals surface area contributed by atoms with Gasteiger partial charge in [0.15, 0.2) is 15.3 Å². The van der Waals surface area contributed by atoms with Crippen molar-refractivity contribution in [1.82, 2.24) is 0 Å². The number of sulfone groups is 1. The predicted octanol–water partition coefficient (Wildman–Crippen LogP) is 3.79. The second-order valence-electron chi connectivity index (χ2n) is 7.87. The summed E-state index contributed by atoms with van der Waals surface area (Å²) in [6, 6.07) is 19.5. The lowest BCUT2D eigenvalue weighted by Gasteiger charge is -2.28. The number of hydrogen-bond donors (Lipinski definition) is 0. The molecule has 3 unspecified atom stereocenters. The summed E-state index contributed by atoms with van der Waals surface area (Å²) in [4.78, 5) is 12.9. The molecular weight excluding hydrogens is 412 g/mol. The minimum atomic E-state index is -3.77. The molecule has 0 saturated heterocycles. The van der Waals surface area contributed by atoms with Crippen LogP contribution in [0.2, 0.25) is 0 Å². The first-order valence-corrected chi connectivity index (χ1v) is 11.8. The van der Waals surface area contributed by atoms with E-state index in [9.17, 15) is 23.7 Å². The van der Waals surface area contributed by atoms with Gasteiger partial charge in [-0.15, -0.1) is 0 Å². The molecular formula is C24H24N2O4S. The molecule has 0 spiro atoms. The van der Waals surface area contributed by atoms with Crippen molar-refractivity contribution in [3.8, 4) is 12.1 Å². The topological polar surface area (TPSA) is 108 Å². The Morgan fingerprint density at radius 2 is 1.71 bits per heavy atom. The molecule has 7 heteroatoms. The van der Waals surface area contributed by atoms with Gasteiger partial charge in [0.25, 0.3) is 0 Å². The molecule has 1 aliphatic rings. The van der Waals surface area contributed by atoms with E-state index in [0.717, 1.165) is 5.56 Å². The summed E-state index contributed by atoms with van der Waals surface area (Å²) < 4.78 is 31.5. The molecule has 0 heterocycles. The smallest absolute Gasteiger partial charge is 0.309 e. The van der Waals surface area contributed by atoms with Crippen LogP contribution in [0.25, 0.3) is 0 Å². The number of nitriles is 2. The quantitative estimate of drug-likeness (QED) is 0.638. The molecule has 2 aromatic rings. The number of hydrogen-bond acceptors (Lipinski definition) is 6. The lowest BCUT2D eigenvalue weighted by Crippen LogP contribution is -2.34. The van der Waals surface area contributed by atoms with E-state index >= 15 is 0 Å². The van der Waals surface area contributed by atoms with Gasteiger partial charge in [0.1, 0.15) is 0 Å². The molecule has 3 rings (SSSR count). The highest BCUT2D eigenvalue weighted by atomic mass is 32.2. The van der Waals surface area contributed by atoms with Gasteiger partial charge in [-0.05, 0) is 38.0 Å². The molecule has 0 amide bonds. The van der Waals surface area contributed by atoms with Gasteiger partial charge in [0.05, 0.1) is 35.3 Å². The molecule has 3 atom stereocenters. The van der Waals surface area contributed by atoms with Gasteiger partial charge in [-0.2, -0.15) is 10.5 Å². The highest BCUT2D eigenvalue weighted by molar-refractivity contribution is 7.91. The van der Waals surface area contributed by atoms with Crippen LogP contribution >= 0.6 is 0 Å². The molecule has 2 aromatic carbocycles. The molecule has 1 fully saturated rings. The van der Waals surface area contributed by atoms with E-state index in [2.05, 4.69) is 12.1 Å². The highest BCUT2D eigenvalue weighted by Gasteiger charge is 2.60. The monoisotopic (exact) mass is 436 g/mol. The van der Waals surface area contributed by atoms with Gasteiger partial charge in [-0.25, -0.2) is 8.42 Å². The third-order valence-electron chi connectivity index (χ3n) is 5.99. The molecule has 1 aliphatic carbocycles. The third-order valence-corrected chi connectivity index (χ3v) is 7.83.